The molecule has 16 heteroatoms. The molecule has 0 atom stereocenters. The first-order valence-corrected chi connectivity index (χ1v) is 14.2. The maximum atomic E-state index is 14.1. The van der Waals surface area contributed by atoms with Gasteiger partial charge in [-0.3, -0.25) is 4.98 Å². The van der Waals surface area contributed by atoms with Crippen molar-refractivity contribution in [3.63, 3.8) is 0 Å². The first kappa shape index (κ1) is 26.1. The van der Waals surface area contributed by atoms with E-state index in [-0.39, 0.29) is 23.7 Å². The van der Waals surface area contributed by atoms with Crippen molar-refractivity contribution in [1.29, 1.82) is 0 Å². The zero-order valence-electron chi connectivity index (χ0n) is 20.9. The molecule has 2 fully saturated rings. The number of nitrogens with one attached hydrogen (secondary N) is 4. The number of anilines is 1. The van der Waals surface area contributed by atoms with Crippen LogP contribution >= 0.6 is 0 Å². The monoisotopic (exact) mass is 573 g/mol. The van der Waals surface area contributed by atoms with Crippen molar-refractivity contribution >= 4 is 27.7 Å². The molecule has 4 aromatic rings. The van der Waals surface area contributed by atoms with Crippen LogP contribution in [0.5, 0.6) is 5.88 Å². The van der Waals surface area contributed by atoms with Gasteiger partial charge in [-0.1, -0.05) is 0 Å². The number of aromatic amines is 2. The fourth-order valence-corrected chi connectivity index (χ4v) is 6.02. The van der Waals surface area contributed by atoms with E-state index >= 15 is 0 Å². The average Bonchev–Trinajstić information content (AvgIpc) is 3.53. The fourth-order valence-electron chi connectivity index (χ4n) is 4.66. The molecule has 3 heterocycles. The minimum absolute atomic E-state index is 0.0695. The number of aromatic hydroxyl groups is 1. The zero-order chi connectivity index (χ0) is 28.0. The molecular weight excluding hydrogens is 548 g/mol. The summed E-state index contributed by atoms with van der Waals surface area (Å²) in [7, 11) is -4.15. The standard InChI is InChI=1S/C24H25F2N9O4S/c25-13-1-8-19(17(26)10-13)40(38,39)34-16-6-4-14(5-7-16)28-22-31-20-12(9-18-21(36)32-24(37)30-18)11-27-35(20)23(33-22)29-15-2-3-15/h1,8-11,14-16,34,36H,2-7H2,(H,28,29,33)(H2,30,32,37)/b12-9-. The highest BCUT2D eigenvalue weighted by molar-refractivity contribution is 7.89. The van der Waals surface area contributed by atoms with Gasteiger partial charge in [-0.25, -0.2) is 31.7 Å². The number of fused-ring (bicyclic) bond motifs is 1. The van der Waals surface area contributed by atoms with Gasteiger partial charge in [-0.15, -0.1) is 0 Å². The van der Waals surface area contributed by atoms with E-state index in [1.54, 1.807) is 0 Å². The highest BCUT2D eigenvalue weighted by Crippen LogP contribution is 2.24. The van der Waals surface area contributed by atoms with Gasteiger partial charge in [0.05, 0.1) is 12.2 Å². The minimum Gasteiger partial charge on any atom is -0.493 e. The summed E-state index contributed by atoms with van der Waals surface area (Å²) in [6.45, 7) is 0. The Bertz CT molecular complexity index is 1870. The Hall–Kier alpha value is -4.18. The van der Waals surface area contributed by atoms with Gasteiger partial charge >= 0.3 is 5.69 Å². The largest absolute Gasteiger partial charge is 0.493 e. The number of H-pyrrole nitrogens is 2. The first-order chi connectivity index (χ1) is 19.1. The summed E-state index contributed by atoms with van der Waals surface area (Å²) in [5, 5.41) is 18.1. The lowest BCUT2D eigenvalue weighted by Gasteiger charge is -2.29. The zero-order valence-corrected chi connectivity index (χ0v) is 21.8. The van der Waals surface area contributed by atoms with Crippen molar-refractivity contribution in [1.82, 2.24) is 34.3 Å². The van der Waals surface area contributed by atoms with Gasteiger partial charge < -0.3 is 15.4 Å². The van der Waals surface area contributed by atoms with Crippen molar-refractivity contribution < 1.29 is 22.3 Å². The van der Waals surface area contributed by atoms with E-state index < -0.39 is 38.3 Å². The second-order valence-corrected chi connectivity index (χ2v) is 11.6. The molecule has 0 radical (unpaired) electrons. The van der Waals surface area contributed by atoms with E-state index in [4.69, 9.17) is 0 Å². The first-order valence-electron chi connectivity index (χ1n) is 12.7. The van der Waals surface area contributed by atoms with Crippen molar-refractivity contribution in [2.24, 2.45) is 4.99 Å². The van der Waals surface area contributed by atoms with E-state index in [1.165, 1.54) is 16.8 Å². The number of imidazole rings is 1. The van der Waals surface area contributed by atoms with Crippen molar-refractivity contribution in [3.8, 4) is 5.88 Å². The van der Waals surface area contributed by atoms with Crippen LogP contribution in [0.25, 0.3) is 11.7 Å². The van der Waals surface area contributed by atoms with Crippen molar-refractivity contribution in [2.75, 3.05) is 5.32 Å². The van der Waals surface area contributed by atoms with Gasteiger partial charge in [-0.05, 0) is 56.7 Å². The molecule has 3 aromatic heterocycles. The molecule has 2 saturated carbocycles. The van der Waals surface area contributed by atoms with Gasteiger partial charge in [0.15, 0.2) is 5.65 Å². The lowest BCUT2D eigenvalue weighted by molar-refractivity contribution is 0.385. The van der Waals surface area contributed by atoms with Crippen LogP contribution in [0.1, 0.15) is 44.2 Å². The number of hydrogen-bond donors (Lipinski definition) is 5. The van der Waals surface area contributed by atoms with Crippen LogP contribution in [0, 0.1) is 11.6 Å². The van der Waals surface area contributed by atoms with Crippen LogP contribution in [-0.2, 0) is 10.0 Å². The molecule has 6 rings (SSSR count). The molecule has 5 N–H and O–H groups in total. The summed E-state index contributed by atoms with van der Waals surface area (Å²) in [6, 6.07) is 2.03. The summed E-state index contributed by atoms with van der Waals surface area (Å²) in [5.41, 5.74) is 0.405. The molecule has 210 valence electrons. The summed E-state index contributed by atoms with van der Waals surface area (Å²) in [6.07, 6.45) is 7.10. The summed E-state index contributed by atoms with van der Waals surface area (Å²) < 4.78 is 56.6. The molecule has 2 aliphatic rings. The molecule has 0 bridgehead atoms. The van der Waals surface area contributed by atoms with Crippen LogP contribution in [0.4, 0.5) is 14.7 Å². The molecule has 0 aliphatic heterocycles. The third-order valence-electron chi connectivity index (χ3n) is 6.82. The molecule has 1 aromatic carbocycles. The quantitative estimate of drug-likeness (QED) is 0.211. The third kappa shape index (κ3) is 5.44. The van der Waals surface area contributed by atoms with Gasteiger partial charge in [-0.2, -0.15) is 19.6 Å². The molecule has 40 heavy (non-hydrogen) atoms. The second kappa shape index (κ2) is 10.1. The minimum atomic E-state index is -4.15. The number of hydrogen-bond acceptors (Lipinski definition) is 9. The number of sulfonamides is 1. The number of benzene rings is 1. The lowest BCUT2D eigenvalue weighted by Crippen LogP contribution is -2.40. The summed E-state index contributed by atoms with van der Waals surface area (Å²) in [4.78, 5) is 29.5. The van der Waals surface area contributed by atoms with E-state index in [9.17, 15) is 27.1 Å². The maximum absolute atomic E-state index is 14.1. The Kier molecular flexibility index (Phi) is 6.58. The Balaban J connectivity index is 1.21. The van der Waals surface area contributed by atoms with E-state index in [0.717, 1.165) is 25.0 Å². The molecule has 0 saturated heterocycles. The Morgan fingerprint density at radius 2 is 1.82 bits per heavy atom. The van der Waals surface area contributed by atoms with Gasteiger partial charge in [0.1, 0.15) is 22.2 Å². The highest BCUT2D eigenvalue weighted by Gasteiger charge is 2.28. The normalized spacial score (nSPS) is 20.9. The predicted molar refractivity (Wildman–Crippen MR) is 138 cm³/mol. The maximum Gasteiger partial charge on any atom is 0.326 e. The van der Waals surface area contributed by atoms with E-state index in [2.05, 4.69) is 40.1 Å². The van der Waals surface area contributed by atoms with E-state index in [1.807, 2.05) is 0 Å². The van der Waals surface area contributed by atoms with Crippen LogP contribution in [-0.4, -0.2) is 61.2 Å². The number of rotatable bonds is 7. The Labute approximate surface area is 225 Å². The SMILES string of the molecule is O=c1[nH]c(O)c(/C=c2/cnn3c(=NC4CC4)nc(NC4CCC(NS(=O)(=O)c5ccc(F)cc5F)CC4)nc23)[nH]1. The van der Waals surface area contributed by atoms with Crippen LogP contribution in [0.15, 0.2) is 39.1 Å². The number of aromatic nitrogens is 6. The third-order valence-corrected chi connectivity index (χ3v) is 8.38. The Morgan fingerprint density at radius 3 is 2.50 bits per heavy atom. The second-order valence-electron chi connectivity index (χ2n) is 9.92. The molecule has 2 aliphatic carbocycles. The topological polar surface area (TPSA) is 183 Å². The number of nitrogens with zero attached hydrogens (tertiary/aromatic N) is 5. The summed E-state index contributed by atoms with van der Waals surface area (Å²) >= 11 is 0. The van der Waals surface area contributed by atoms with Crippen molar-refractivity contribution in [2.45, 2.75) is 61.5 Å². The fraction of sp³-hybridized carbons (Fsp3) is 0.375. The lowest BCUT2D eigenvalue weighted by atomic mass is 9.92. The highest BCUT2D eigenvalue weighted by atomic mass is 32.2. The molecule has 0 unspecified atom stereocenters. The Morgan fingerprint density at radius 1 is 1.07 bits per heavy atom. The molecular formula is C24H25F2N9O4S. The molecule has 0 amide bonds. The average molecular weight is 574 g/mol. The summed E-state index contributed by atoms with van der Waals surface area (Å²) in [5.74, 6) is -1.99. The molecule has 0 spiro atoms. The van der Waals surface area contributed by atoms with Crippen molar-refractivity contribution in [3.05, 3.63) is 63.0 Å². The van der Waals surface area contributed by atoms with E-state index in [0.29, 0.717) is 54.2 Å². The van der Waals surface area contributed by atoms with Gasteiger partial charge in [0.25, 0.3) is 5.62 Å². The van der Waals surface area contributed by atoms with Crippen LogP contribution in [0.2, 0.25) is 0 Å². The number of halogens is 2. The molecule has 13 nitrogen and oxygen atoms in total. The van der Waals surface area contributed by atoms with Crippen LogP contribution in [0.3, 0.4) is 0 Å². The van der Waals surface area contributed by atoms with Crippen LogP contribution < -0.4 is 26.6 Å². The predicted octanol–water partition coefficient (Wildman–Crippen LogP) is 0.437. The smallest absolute Gasteiger partial charge is 0.326 e. The van der Waals surface area contributed by atoms with Gasteiger partial charge in [0, 0.05) is 23.4 Å². The van der Waals surface area contributed by atoms with Gasteiger partial charge in [0.2, 0.25) is 21.9 Å².